The van der Waals surface area contributed by atoms with Crippen LogP contribution in [0.15, 0.2) is 73.0 Å². The maximum atomic E-state index is 14.6. The number of hydrogen-bond donors (Lipinski definition) is 0. The first-order valence-corrected chi connectivity index (χ1v) is 14.0. The Bertz CT molecular complexity index is 1140. The number of halogens is 2. The summed E-state index contributed by atoms with van der Waals surface area (Å²) in [4.78, 5) is 0. The van der Waals surface area contributed by atoms with E-state index in [0.29, 0.717) is 11.5 Å². The van der Waals surface area contributed by atoms with Crippen molar-refractivity contribution in [2.24, 2.45) is 5.92 Å². The molecule has 0 radical (unpaired) electrons. The quantitative estimate of drug-likeness (QED) is 0.187. The van der Waals surface area contributed by atoms with Crippen LogP contribution in [-0.4, -0.2) is 0 Å². The number of aryl methyl sites for hydroxylation is 2. The second-order valence-electron chi connectivity index (χ2n) is 10.5. The van der Waals surface area contributed by atoms with Gasteiger partial charge in [0.1, 0.15) is 0 Å². The monoisotopic (exact) mass is 502 g/mol. The summed E-state index contributed by atoms with van der Waals surface area (Å²) in [5.74, 6) is -0.480. The largest absolute Gasteiger partial charge is 0.462 e. The summed E-state index contributed by atoms with van der Waals surface area (Å²) in [6.45, 7) is 4.01. The van der Waals surface area contributed by atoms with Crippen molar-refractivity contribution in [2.75, 3.05) is 0 Å². The van der Waals surface area contributed by atoms with Gasteiger partial charge in [0.25, 0.3) is 0 Å². The van der Waals surface area contributed by atoms with Crippen LogP contribution in [0.5, 0.6) is 5.75 Å². The molecule has 0 atom stereocenters. The van der Waals surface area contributed by atoms with E-state index < -0.39 is 11.6 Å². The summed E-state index contributed by atoms with van der Waals surface area (Å²) in [7, 11) is 0. The Morgan fingerprint density at radius 2 is 1.46 bits per heavy atom. The second-order valence-corrected chi connectivity index (χ2v) is 10.5. The fourth-order valence-electron chi connectivity index (χ4n) is 5.53. The summed E-state index contributed by atoms with van der Waals surface area (Å²) in [5, 5.41) is 0. The predicted octanol–water partition coefficient (Wildman–Crippen LogP) is 10.2. The molecule has 0 amide bonds. The van der Waals surface area contributed by atoms with Gasteiger partial charge < -0.3 is 4.74 Å². The third kappa shape index (κ3) is 7.31. The Morgan fingerprint density at radius 1 is 0.784 bits per heavy atom. The van der Waals surface area contributed by atoms with Crippen LogP contribution in [0.2, 0.25) is 0 Å². The van der Waals surface area contributed by atoms with Gasteiger partial charge in [0.05, 0.1) is 6.26 Å². The molecule has 1 nitrogen and oxygen atoms in total. The Balaban J connectivity index is 1.26. The van der Waals surface area contributed by atoms with E-state index >= 15 is 0 Å². The molecule has 1 aliphatic carbocycles. The lowest BCUT2D eigenvalue weighted by Crippen LogP contribution is -2.14. The van der Waals surface area contributed by atoms with Crippen molar-refractivity contribution >= 4 is 0 Å². The van der Waals surface area contributed by atoms with Gasteiger partial charge in [-0.15, -0.1) is 0 Å². The molecule has 0 bridgehead atoms. The van der Waals surface area contributed by atoms with Gasteiger partial charge in [0, 0.05) is 5.56 Å². The third-order valence-corrected chi connectivity index (χ3v) is 7.85. The molecule has 4 rings (SSSR count). The van der Waals surface area contributed by atoms with Gasteiger partial charge in [0.15, 0.2) is 11.6 Å². The van der Waals surface area contributed by atoms with Crippen LogP contribution in [0.3, 0.4) is 0 Å². The van der Waals surface area contributed by atoms with Gasteiger partial charge in [-0.05, 0) is 105 Å². The minimum Gasteiger partial charge on any atom is -0.462 e. The van der Waals surface area contributed by atoms with E-state index in [1.54, 1.807) is 19.1 Å². The van der Waals surface area contributed by atoms with E-state index in [9.17, 15) is 8.78 Å². The molecule has 3 heteroatoms. The molecule has 0 N–H and O–H groups in total. The van der Waals surface area contributed by atoms with Crippen LogP contribution in [0.1, 0.15) is 87.8 Å². The molecule has 1 aliphatic rings. The first-order chi connectivity index (χ1) is 18.1. The Labute approximate surface area is 221 Å². The highest BCUT2D eigenvalue weighted by molar-refractivity contribution is 5.65. The topological polar surface area (TPSA) is 9.23 Å². The van der Waals surface area contributed by atoms with Crippen molar-refractivity contribution in [1.82, 2.24) is 0 Å². The number of allylic oxidation sites excluding steroid dienone is 1. The number of rotatable bonds is 11. The first-order valence-electron chi connectivity index (χ1n) is 14.0. The van der Waals surface area contributed by atoms with Crippen LogP contribution in [0.4, 0.5) is 8.78 Å². The van der Waals surface area contributed by atoms with Gasteiger partial charge in [0.2, 0.25) is 5.82 Å². The van der Waals surface area contributed by atoms with Gasteiger partial charge in [-0.25, -0.2) is 4.39 Å². The summed E-state index contributed by atoms with van der Waals surface area (Å²) in [6.07, 6.45) is 15.4. The molecular formula is C34H40F2O. The lowest BCUT2D eigenvalue weighted by atomic mass is 9.76. The molecular weight excluding hydrogens is 462 g/mol. The summed E-state index contributed by atoms with van der Waals surface area (Å²) >= 11 is 0. The van der Waals surface area contributed by atoms with Crippen molar-refractivity contribution in [3.63, 3.8) is 0 Å². The highest BCUT2D eigenvalue weighted by atomic mass is 19.2. The lowest BCUT2D eigenvalue weighted by molar-refractivity contribution is 0.310. The molecule has 37 heavy (non-hydrogen) atoms. The zero-order chi connectivity index (χ0) is 26.0. The second kappa shape index (κ2) is 13.6. The summed E-state index contributed by atoms with van der Waals surface area (Å²) in [6, 6.07) is 20.3. The zero-order valence-corrected chi connectivity index (χ0v) is 22.3. The molecule has 1 saturated carbocycles. The lowest BCUT2D eigenvalue weighted by Gasteiger charge is -2.29. The Kier molecular flexibility index (Phi) is 9.93. The van der Waals surface area contributed by atoms with E-state index in [1.165, 1.54) is 86.8 Å². The predicted molar refractivity (Wildman–Crippen MR) is 150 cm³/mol. The normalized spacial score (nSPS) is 17.8. The SMILES string of the molecule is C/C=C/Oc1ccc(-c2ccc(CCC3CCC(c4ccc(CCCCC)cc4)CC3)cc2)c(F)c1F. The minimum atomic E-state index is -0.960. The van der Waals surface area contributed by atoms with Crippen molar-refractivity contribution in [2.45, 2.75) is 84.0 Å². The third-order valence-electron chi connectivity index (χ3n) is 7.85. The van der Waals surface area contributed by atoms with Gasteiger partial charge in [-0.2, -0.15) is 4.39 Å². The molecule has 196 valence electrons. The van der Waals surface area contributed by atoms with Crippen molar-refractivity contribution in [3.05, 3.63) is 101 Å². The zero-order valence-electron chi connectivity index (χ0n) is 22.3. The van der Waals surface area contributed by atoms with Crippen molar-refractivity contribution < 1.29 is 13.5 Å². The molecule has 3 aromatic rings. The smallest absolute Gasteiger partial charge is 0.201 e. The Morgan fingerprint density at radius 3 is 2.14 bits per heavy atom. The van der Waals surface area contributed by atoms with Gasteiger partial charge in [-0.1, -0.05) is 74.4 Å². The molecule has 0 spiro atoms. The summed E-state index contributed by atoms with van der Waals surface area (Å²) in [5.41, 5.74) is 5.16. The van der Waals surface area contributed by atoms with Crippen molar-refractivity contribution in [3.8, 4) is 16.9 Å². The number of ether oxygens (including phenoxy) is 1. The Hall–Kier alpha value is -2.94. The van der Waals surface area contributed by atoms with Crippen LogP contribution in [0.25, 0.3) is 11.1 Å². The van der Waals surface area contributed by atoms with E-state index in [2.05, 4.69) is 31.2 Å². The van der Waals surface area contributed by atoms with Crippen LogP contribution >= 0.6 is 0 Å². The fraction of sp³-hybridized carbons (Fsp3) is 0.412. The number of benzene rings is 3. The highest BCUT2D eigenvalue weighted by Gasteiger charge is 2.22. The molecule has 0 heterocycles. The number of hydrogen-bond acceptors (Lipinski definition) is 1. The molecule has 0 unspecified atom stereocenters. The molecule has 3 aromatic carbocycles. The van der Waals surface area contributed by atoms with Gasteiger partial charge in [-0.3, -0.25) is 0 Å². The maximum absolute atomic E-state index is 14.6. The van der Waals surface area contributed by atoms with Crippen LogP contribution in [-0.2, 0) is 12.8 Å². The molecule has 0 aliphatic heterocycles. The van der Waals surface area contributed by atoms with Crippen LogP contribution in [0, 0.1) is 17.6 Å². The van der Waals surface area contributed by atoms with E-state index in [-0.39, 0.29) is 11.3 Å². The molecule has 0 aromatic heterocycles. The molecule has 0 saturated heterocycles. The minimum absolute atomic E-state index is 0.106. The van der Waals surface area contributed by atoms with E-state index in [4.69, 9.17) is 4.74 Å². The van der Waals surface area contributed by atoms with Crippen LogP contribution < -0.4 is 4.74 Å². The highest BCUT2D eigenvalue weighted by Crippen LogP contribution is 2.38. The van der Waals surface area contributed by atoms with Gasteiger partial charge >= 0.3 is 0 Å². The fourth-order valence-corrected chi connectivity index (χ4v) is 5.53. The van der Waals surface area contributed by atoms with Crippen molar-refractivity contribution in [1.29, 1.82) is 0 Å². The first kappa shape index (κ1) is 27.1. The average Bonchev–Trinajstić information content (AvgIpc) is 2.94. The van der Waals surface area contributed by atoms with E-state index in [1.807, 2.05) is 24.3 Å². The summed E-state index contributed by atoms with van der Waals surface area (Å²) < 4.78 is 34.1. The average molecular weight is 503 g/mol. The van der Waals surface area contributed by atoms with E-state index in [0.717, 1.165) is 12.3 Å². The maximum Gasteiger partial charge on any atom is 0.201 e. The number of unbranched alkanes of at least 4 members (excludes halogenated alkanes) is 2. The standard InChI is InChI=1S/C34H40F2O/c1-3-5-6-7-25-10-16-28(17-11-25)29-18-12-26(13-19-29)8-9-27-14-20-30(21-15-27)31-22-23-32(37-24-4-2)34(36)33(31)35/h4,10-11,14-17,20-24,26,29H,3,5-9,12-13,18-19H2,1-2H3/b24-4+. The molecule has 1 fully saturated rings.